The predicted molar refractivity (Wildman–Crippen MR) is 95.3 cm³/mol. The van der Waals surface area contributed by atoms with Crippen molar-refractivity contribution >= 4 is 22.7 Å². The number of methoxy groups -OCH3 is 2. The van der Waals surface area contributed by atoms with E-state index in [4.69, 9.17) is 9.47 Å². The van der Waals surface area contributed by atoms with Crippen molar-refractivity contribution in [1.29, 1.82) is 0 Å². The van der Waals surface area contributed by atoms with Gasteiger partial charge in [-0.1, -0.05) is 0 Å². The lowest BCUT2D eigenvalue weighted by molar-refractivity contribution is 0.0955. The first-order chi connectivity index (χ1) is 12.1. The van der Waals surface area contributed by atoms with Crippen LogP contribution in [0.4, 0.5) is 0 Å². The second kappa shape index (κ2) is 7.04. The van der Waals surface area contributed by atoms with Crippen molar-refractivity contribution in [3.8, 4) is 11.5 Å². The second-order valence-corrected chi connectivity index (χ2v) is 5.34. The first kappa shape index (κ1) is 16.5. The number of hydrogen-bond donors (Lipinski definition) is 2. The van der Waals surface area contributed by atoms with Crippen LogP contribution in [-0.2, 0) is 0 Å². The average molecular weight is 338 g/mol. The summed E-state index contributed by atoms with van der Waals surface area (Å²) in [5.74, 6) is 0.942. The number of hydrazone groups is 1. The van der Waals surface area contributed by atoms with Crippen LogP contribution < -0.4 is 14.9 Å². The third kappa shape index (κ3) is 3.45. The number of aromatic nitrogens is 2. The van der Waals surface area contributed by atoms with E-state index in [1.54, 1.807) is 57.8 Å². The number of hydrogen-bond acceptors (Lipinski definition) is 5. The molecule has 1 amide bonds. The maximum Gasteiger partial charge on any atom is 0.271 e. The molecule has 0 fully saturated rings. The molecule has 0 bridgehead atoms. The Bertz CT molecular complexity index is 946. The number of imidazole rings is 1. The van der Waals surface area contributed by atoms with E-state index < -0.39 is 0 Å². The Morgan fingerprint density at radius 1 is 1.08 bits per heavy atom. The molecule has 0 aliphatic carbocycles. The van der Waals surface area contributed by atoms with Gasteiger partial charge in [-0.15, -0.1) is 0 Å². The summed E-state index contributed by atoms with van der Waals surface area (Å²) >= 11 is 0. The fourth-order valence-electron chi connectivity index (χ4n) is 2.40. The highest BCUT2D eigenvalue weighted by Gasteiger charge is 2.09. The monoisotopic (exact) mass is 338 g/mol. The largest absolute Gasteiger partial charge is 0.493 e. The van der Waals surface area contributed by atoms with E-state index >= 15 is 0 Å². The Labute approximate surface area is 144 Å². The fraction of sp³-hybridized carbons (Fsp3) is 0.167. The van der Waals surface area contributed by atoms with Crippen molar-refractivity contribution in [1.82, 2.24) is 15.4 Å². The lowest BCUT2D eigenvalue weighted by Crippen LogP contribution is -2.19. The highest BCUT2D eigenvalue weighted by atomic mass is 16.5. The summed E-state index contributed by atoms with van der Waals surface area (Å²) in [5.41, 5.74) is 6.14. The number of H-pyrrole nitrogens is 1. The molecule has 1 heterocycles. The van der Waals surface area contributed by atoms with Crippen LogP contribution in [0.3, 0.4) is 0 Å². The molecule has 0 saturated carbocycles. The molecule has 0 saturated heterocycles. The van der Waals surface area contributed by atoms with Gasteiger partial charge in [-0.2, -0.15) is 5.10 Å². The molecule has 0 atom stereocenters. The first-order valence-electron chi connectivity index (χ1n) is 7.62. The van der Waals surface area contributed by atoms with Gasteiger partial charge in [-0.3, -0.25) is 4.79 Å². The minimum atomic E-state index is -0.295. The maximum absolute atomic E-state index is 12.3. The van der Waals surface area contributed by atoms with Crippen LogP contribution in [0.1, 0.15) is 22.8 Å². The summed E-state index contributed by atoms with van der Waals surface area (Å²) in [6.45, 7) is 1.81. The number of fused-ring (bicyclic) bond motifs is 1. The average Bonchev–Trinajstić information content (AvgIpc) is 3.12. The topological polar surface area (TPSA) is 88.6 Å². The minimum absolute atomic E-state index is 0.295. The molecule has 3 aromatic rings. The number of ether oxygens (including phenoxy) is 2. The normalized spacial score (nSPS) is 11.4. The smallest absolute Gasteiger partial charge is 0.271 e. The van der Waals surface area contributed by atoms with E-state index in [9.17, 15) is 4.79 Å². The summed E-state index contributed by atoms with van der Waals surface area (Å²) in [4.78, 5) is 19.4. The highest BCUT2D eigenvalue weighted by Crippen LogP contribution is 2.27. The zero-order valence-electron chi connectivity index (χ0n) is 14.2. The number of amides is 1. The third-order valence-electron chi connectivity index (χ3n) is 3.81. The molecule has 0 radical (unpaired) electrons. The van der Waals surface area contributed by atoms with Crippen molar-refractivity contribution in [2.75, 3.05) is 14.2 Å². The summed E-state index contributed by atoms with van der Waals surface area (Å²) in [7, 11) is 3.15. The number of rotatable bonds is 5. The van der Waals surface area contributed by atoms with Crippen molar-refractivity contribution in [3.63, 3.8) is 0 Å². The summed E-state index contributed by atoms with van der Waals surface area (Å²) in [6, 6.07) is 10.7. The molecule has 2 N–H and O–H groups in total. The molecule has 0 aliphatic heterocycles. The number of aromatic amines is 1. The zero-order chi connectivity index (χ0) is 17.8. The van der Waals surface area contributed by atoms with Gasteiger partial charge in [0, 0.05) is 11.1 Å². The molecule has 0 spiro atoms. The van der Waals surface area contributed by atoms with Gasteiger partial charge in [0.15, 0.2) is 11.5 Å². The summed E-state index contributed by atoms with van der Waals surface area (Å²) < 4.78 is 10.5. The van der Waals surface area contributed by atoms with Crippen LogP contribution in [0.25, 0.3) is 11.0 Å². The van der Waals surface area contributed by atoms with Gasteiger partial charge in [0.05, 0.1) is 37.3 Å². The van der Waals surface area contributed by atoms with E-state index in [1.807, 2.05) is 6.07 Å². The number of carbonyl (C=O) groups excluding carboxylic acids is 1. The van der Waals surface area contributed by atoms with Crippen molar-refractivity contribution in [3.05, 3.63) is 53.9 Å². The van der Waals surface area contributed by atoms with E-state index in [1.165, 1.54) is 0 Å². The minimum Gasteiger partial charge on any atom is -0.493 e. The molecule has 0 aliphatic rings. The van der Waals surface area contributed by atoms with E-state index in [-0.39, 0.29) is 5.91 Å². The van der Waals surface area contributed by atoms with Gasteiger partial charge in [-0.05, 0) is 43.3 Å². The lowest BCUT2D eigenvalue weighted by Gasteiger charge is -2.09. The van der Waals surface area contributed by atoms with Crippen molar-refractivity contribution in [2.45, 2.75) is 6.92 Å². The number of nitrogens with zero attached hydrogens (tertiary/aromatic N) is 2. The van der Waals surface area contributed by atoms with Crippen LogP contribution in [0.15, 0.2) is 47.8 Å². The number of nitrogens with one attached hydrogen (secondary N) is 2. The van der Waals surface area contributed by atoms with Crippen LogP contribution >= 0.6 is 0 Å². The number of carbonyl (C=O) groups is 1. The molecule has 128 valence electrons. The molecule has 25 heavy (non-hydrogen) atoms. The zero-order valence-corrected chi connectivity index (χ0v) is 14.2. The molecule has 0 unspecified atom stereocenters. The van der Waals surface area contributed by atoms with Crippen LogP contribution in [-0.4, -0.2) is 35.8 Å². The Hall–Kier alpha value is -3.35. The quantitative estimate of drug-likeness (QED) is 0.553. The molecular formula is C18H18N4O3. The van der Waals surface area contributed by atoms with Gasteiger partial charge >= 0.3 is 0 Å². The standard InChI is InChI=1S/C18H18N4O3/c1-11(12-5-7-16(24-2)17(9-12)25-3)21-22-18(23)13-4-6-14-15(8-13)20-10-19-14/h4-10H,1-3H3,(H,19,20)(H,22,23)/b21-11-. The Morgan fingerprint density at radius 2 is 1.84 bits per heavy atom. The van der Waals surface area contributed by atoms with Gasteiger partial charge in [0.1, 0.15) is 0 Å². The van der Waals surface area contributed by atoms with E-state index in [2.05, 4.69) is 20.5 Å². The maximum atomic E-state index is 12.3. The third-order valence-corrected chi connectivity index (χ3v) is 3.81. The molecule has 1 aromatic heterocycles. The highest BCUT2D eigenvalue weighted by molar-refractivity contribution is 6.02. The Kier molecular flexibility index (Phi) is 4.65. The summed E-state index contributed by atoms with van der Waals surface area (Å²) in [6.07, 6.45) is 1.59. The lowest BCUT2D eigenvalue weighted by atomic mass is 10.1. The van der Waals surface area contributed by atoms with Gasteiger partial charge in [-0.25, -0.2) is 10.4 Å². The molecule has 7 heteroatoms. The summed E-state index contributed by atoms with van der Waals surface area (Å²) in [5, 5.41) is 4.16. The van der Waals surface area contributed by atoms with Crippen LogP contribution in [0.2, 0.25) is 0 Å². The van der Waals surface area contributed by atoms with E-state index in [0.29, 0.717) is 22.8 Å². The molecular weight excluding hydrogens is 320 g/mol. The van der Waals surface area contributed by atoms with Crippen molar-refractivity contribution in [2.24, 2.45) is 5.10 Å². The van der Waals surface area contributed by atoms with Crippen LogP contribution in [0.5, 0.6) is 11.5 Å². The molecule has 2 aromatic carbocycles. The Morgan fingerprint density at radius 3 is 2.60 bits per heavy atom. The fourth-order valence-corrected chi connectivity index (χ4v) is 2.40. The van der Waals surface area contributed by atoms with Crippen LogP contribution in [0, 0.1) is 0 Å². The van der Waals surface area contributed by atoms with Gasteiger partial charge < -0.3 is 14.5 Å². The molecule has 3 rings (SSSR count). The van der Waals surface area contributed by atoms with Gasteiger partial charge in [0.2, 0.25) is 0 Å². The van der Waals surface area contributed by atoms with Crippen molar-refractivity contribution < 1.29 is 14.3 Å². The Balaban J connectivity index is 1.77. The SMILES string of the molecule is COc1ccc(/C(C)=N\NC(=O)c2ccc3nc[nH]c3c2)cc1OC. The second-order valence-electron chi connectivity index (χ2n) is 5.34. The van der Waals surface area contributed by atoms with Gasteiger partial charge in [0.25, 0.3) is 5.91 Å². The number of benzene rings is 2. The molecule has 7 nitrogen and oxygen atoms in total. The first-order valence-corrected chi connectivity index (χ1v) is 7.62. The predicted octanol–water partition coefficient (Wildman–Crippen LogP) is 2.73. The van der Waals surface area contributed by atoms with E-state index in [0.717, 1.165) is 16.6 Å².